The summed E-state index contributed by atoms with van der Waals surface area (Å²) in [4.78, 5) is 13.7. The van der Waals surface area contributed by atoms with Crippen molar-refractivity contribution in [2.45, 2.75) is 13.8 Å². The van der Waals surface area contributed by atoms with Crippen molar-refractivity contribution in [1.29, 1.82) is 0 Å². The minimum atomic E-state index is -0.254. The molecule has 0 saturated carbocycles. The quantitative estimate of drug-likeness (QED) is 0.404. The average molecular weight is 461 g/mol. The Hall–Kier alpha value is -3.66. The molecule has 166 valence electrons. The highest BCUT2D eigenvalue weighted by Gasteiger charge is 2.21. The van der Waals surface area contributed by atoms with Gasteiger partial charge < -0.3 is 9.80 Å². The summed E-state index contributed by atoms with van der Waals surface area (Å²) in [5, 5.41) is 15.8. The summed E-state index contributed by atoms with van der Waals surface area (Å²) in [5.41, 5.74) is 4.84. The number of anilines is 2. The normalized spacial score (nSPS) is 14.5. The Bertz CT molecular complexity index is 1480. The summed E-state index contributed by atoms with van der Waals surface area (Å²) in [7, 11) is 0. The van der Waals surface area contributed by atoms with Gasteiger partial charge in [0, 0.05) is 49.4 Å². The van der Waals surface area contributed by atoms with E-state index in [4.69, 9.17) is 4.98 Å². The summed E-state index contributed by atoms with van der Waals surface area (Å²) in [6.07, 6.45) is 7.43. The van der Waals surface area contributed by atoms with E-state index in [0.717, 1.165) is 64.2 Å². The van der Waals surface area contributed by atoms with Gasteiger partial charge in [-0.3, -0.25) is 4.98 Å². The van der Waals surface area contributed by atoms with E-state index < -0.39 is 0 Å². The lowest BCUT2D eigenvalue weighted by Gasteiger charge is -2.35. The molecule has 33 heavy (non-hydrogen) atoms. The number of fused-ring (bicyclic) bond motifs is 2. The van der Waals surface area contributed by atoms with Gasteiger partial charge in [0.05, 0.1) is 29.8 Å². The smallest absolute Gasteiger partial charge is 0.208 e. The molecule has 0 unspecified atom stereocenters. The molecule has 6 rings (SSSR count). The molecule has 0 bridgehead atoms. The first-order valence-electron chi connectivity index (χ1n) is 10.8. The molecule has 8 nitrogen and oxygen atoms in total. The van der Waals surface area contributed by atoms with Gasteiger partial charge in [0.2, 0.25) is 5.13 Å². The highest BCUT2D eigenvalue weighted by Crippen LogP contribution is 2.32. The number of rotatable bonds is 3. The third-order valence-electron chi connectivity index (χ3n) is 6.09. The van der Waals surface area contributed by atoms with Crippen LogP contribution in [0, 0.1) is 19.7 Å². The van der Waals surface area contributed by atoms with Crippen LogP contribution in [0.25, 0.3) is 27.7 Å². The molecule has 0 atom stereocenters. The van der Waals surface area contributed by atoms with Crippen LogP contribution in [0.15, 0.2) is 43.0 Å². The van der Waals surface area contributed by atoms with E-state index in [9.17, 15) is 4.39 Å². The fourth-order valence-electron chi connectivity index (χ4n) is 4.30. The minimum Gasteiger partial charge on any atom is -0.365 e. The molecule has 1 aliphatic heterocycles. The minimum absolute atomic E-state index is 0.254. The second-order valence-electron chi connectivity index (χ2n) is 8.19. The molecule has 5 aromatic rings. The van der Waals surface area contributed by atoms with E-state index in [1.54, 1.807) is 24.5 Å². The lowest BCUT2D eigenvalue weighted by molar-refractivity contribution is 0.620. The van der Waals surface area contributed by atoms with Crippen molar-refractivity contribution in [2.75, 3.05) is 36.0 Å². The molecule has 10 heteroatoms. The Morgan fingerprint density at radius 2 is 1.76 bits per heavy atom. The fourth-order valence-corrected chi connectivity index (χ4v) is 5.04. The van der Waals surface area contributed by atoms with Gasteiger partial charge in [0.1, 0.15) is 10.8 Å². The van der Waals surface area contributed by atoms with Gasteiger partial charge in [-0.25, -0.2) is 13.9 Å². The molecule has 1 aromatic carbocycles. The maximum Gasteiger partial charge on any atom is 0.208 e. The summed E-state index contributed by atoms with van der Waals surface area (Å²) in [6, 6.07) is 5.25. The van der Waals surface area contributed by atoms with Crippen molar-refractivity contribution < 1.29 is 4.39 Å². The van der Waals surface area contributed by atoms with Gasteiger partial charge in [0.15, 0.2) is 5.65 Å². The van der Waals surface area contributed by atoms with Crippen LogP contribution in [0.5, 0.6) is 0 Å². The lowest BCUT2D eigenvalue weighted by Crippen LogP contribution is -2.46. The highest BCUT2D eigenvalue weighted by molar-refractivity contribution is 7.15. The molecule has 4 aromatic heterocycles. The number of piperazine rings is 1. The largest absolute Gasteiger partial charge is 0.365 e. The maximum atomic E-state index is 14.0. The molecule has 5 heterocycles. The Morgan fingerprint density at radius 1 is 0.939 bits per heavy atom. The van der Waals surface area contributed by atoms with Crippen LogP contribution >= 0.6 is 11.3 Å². The van der Waals surface area contributed by atoms with Gasteiger partial charge >= 0.3 is 0 Å². The SMILES string of the molecule is Cc1nnc(N2CCN(c3cnc4c(-c5ccnc6cc(F)c(C)cc56)cnn4c3)CC2)s1. The van der Waals surface area contributed by atoms with Gasteiger partial charge in [0.25, 0.3) is 0 Å². The van der Waals surface area contributed by atoms with Crippen molar-refractivity contribution in [3.63, 3.8) is 0 Å². The fraction of sp³-hybridized carbons (Fsp3) is 0.261. The molecule has 0 amide bonds. The van der Waals surface area contributed by atoms with E-state index in [2.05, 4.69) is 30.1 Å². The standard InChI is InChI=1S/C23H21FN8S/c1-14-9-18-17(3-4-25-21(18)10-20(14)24)19-12-27-32-13-16(11-26-22(19)32)30-5-7-31(8-6-30)23-29-28-15(2)33-23/h3-4,9-13H,5-8H2,1-2H3. The monoisotopic (exact) mass is 460 g/mol. The Balaban J connectivity index is 1.30. The number of benzene rings is 1. The Kier molecular flexibility index (Phi) is 4.68. The molecule has 1 saturated heterocycles. The average Bonchev–Trinajstić information content (AvgIpc) is 3.45. The van der Waals surface area contributed by atoms with Crippen LogP contribution in [0.4, 0.5) is 15.2 Å². The van der Waals surface area contributed by atoms with Crippen LogP contribution in [0.1, 0.15) is 10.6 Å². The summed E-state index contributed by atoms with van der Waals surface area (Å²) in [6.45, 7) is 7.26. The first-order valence-corrected chi connectivity index (χ1v) is 11.6. The van der Waals surface area contributed by atoms with Crippen LogP contribution in [-0.2, 0) is 0 Å². The topological polar surface area (TPSA) is 75.3 Å². The highest BCUT2D eigenvalue weighted by atomic mass is 32.1. The summed E-state index contributed by atoms with van der Waals surface area (Å²) < 4.78 is 15.8. The van der Waals surface area contributed by atoms with Crippen molar-refractivity contribution in [2.24, 2.45) is 0 Å². The predicted octanol–water partition coefficient (Wildman–Crippen LogP) is 3.88. The lowest BCUT2D eigenvalue weighted by atomic mass is 10.0. The van der Waals surface area contributed by atoms with Crippen LogP contribution < -0.4 is 9.80 Å². The predicted molar refractivity (Wildman–Crippen MR) is 127 cm³/mol. The van der Waals surface area contributed by atoms with Crippen LogP contribution in [0.3, 0.4) is 0 Å². The van der Waals surface area contributed by atoms with Crippen LogP contribution in [-0.4, -0.2) is 56.0 Å². The van der Waals surface area contributed by atoms with E-state index in [1.807, 2.05) is 42.2 Å². The van der Waals surface area contributed by atoms with Crippen molar-refractivity contribution in [1.82, 2.24) is 29.8 Å². The van der Waals surface area contributed by atoms with Gasteiger partial charge in [-0.05, 0) is 37.1 Å². The molecule has 0 radical (unpaired) electrons. The van der Waals surface area contributed by atoms with Gasteiger partial charge in [-0.15, -0.1) is 10.2 Å². The Labute approximate surface area is 193 Å². The number of hydrogen-bond donors (Lipinski definition) is 0. The first-order chi connectivity index (χ1) is 16.1. The zero-order chi connectivity index (χ0) is 22.5. The molecular weight excluding hydrogens is 439 g/mol. The third-order valence-corrected chi connectivity index (χ3v) is 6.99. The second kappa shape index (κ2) is 7.73. The number of pyridine rings is 1. The summed E-state index contributed by atoms with van der Waals surface area (Å²) >= 11 is 1.63. The molecule has 0 N–H and O–H groups in total. The molecular formula is C23H21FN8S. The van der Waals surface area contributed by atoms with Crippen molar-refractivity contribution in [3.8, 4) is 11.1 Å². The zero-order valence-electron chi connectivity index (χ0n) is 18.2. The number of aryl methyl sites for hydroxylation is 2. The van der Waals surface area contributed by atoms with Gasteiger partial charge in [-0.2, -0.15) is 5.10 Å². The molecule has 1 aliphatic rings. The van der Waals surface area contributed by atoms with Crippen molar-refractivity contribution in [3.05, 3.63) is 59.4 Å². The molecule has 1 fully saturated rings. The van der Waals surface area contributed by atoms with E-state index >= 15 is 0 Å². The third kappa shape index (κ3) is 3.46. The van der Waals surface area contributed by atoms with Gasteiger partial charge in [-0.1, -0.05) is 11.3 Å². The van der Waals surface area contributed by atoms with E-state index in [0.29, 0.717) is 11.1 Å². The van der Waals surface area contributed by atoms with Crippen LogP contribution in [0.2, 0.25) is 0 Å². The Morgan fingerprint density at radius 3 is 2.55 bits per heavy atom. The number of nitrogens with zero attached hydrogens (tertiary/aromatic N) is 8. The number of hydrogen-bond acceptors (Lipinski definition) is 8. The van der Waals surface area contributed by atoms with E-state index in [-0.39, 0.29) is 5.82 Å². The number of aromatic nitrogens is 6. The summed E-state index contributed by atoms with van der Waals surface area (Å²) in [5.74, 6) is -0.254. The second-order valence-corrected chi connectivity index (χ2v) is 9.35. The zero-order valence-corrected chi connectivity index (χ0v) is 19.1. The van der Waals surface area contributed by atoms with Crippen molar-refractivity contribution >= 4 is 38.7 Å². The first kappa shape index (κ1) is 20.0. The van der Waals surface area contributed by atoms with E-state index in [1.165, 1.54) is 6.07 Å². The maximum absolute atomic E-state index is 14.0. The number of halogens is 1. The molecule has 0 spiro atoms. The molecule has 0 aliphatic carbocycles.